The number of hydrogen-bond donors (Lipinski definition) is 1. The number of aryl methyl sites for hydroxylation is 1. The molecule has 3 nitrogen and oxygen atoms in total. The van der Waals surface area contributed by atoms with Crippen LogP contribution in [0.5, 0.6) is 0 Å². The molecule has 0 spiro atoms. The van der Waals surface area contributed by atoms with E-state index in [2.05, 4.69) is 13.0 Å². The zero-order valence-electron chi connectivity index (χ0n) is 11.4. The molecule has 18 heavy (non-hydrogen) atoms. The van der Waals surface area contributed by atoms with Crippen LogP contribution < -0.4 is 5.73 Å². The van der Waals surface area contributed by atoms with Crippen LogP contribution >= 0.6 is 0 Å². The Morgan fingerprint density at radius 1 is 1.00 bits per heavy atom. The lowest BCUT2D eigenvalue weighted by atomic mass is 10.1. The first-order valence-electron chi connectivity index (χ1n) is 6.83. The molecule has 0 aliphatic heterocycles. The third kappa shape index (κ3) is 7.30. The first kappa shape index (κ1) is 15.0. The van der Waals surface area contributed by atoms with Crippen molar-refractivity contribution in [1.82, 2.24) is 0 Å². The summed E-state index contributed by atoms with van der Waals surface area (Å²) in [5.41, 5.74) is 7.83. The number of unbranched alkanes of at least 4 members (excludes halogenated alkanes) is 1. The Bertz CT molecular complexity index is 315. The van der Waals surface area contributed by atoms with Crippen LogP contribution in [-0.2, 0) is 15.9 Å². The molecule has 0 aliphatic carbocycles. The van der Waals surface area contributed by atoms with Gasteiger partial charge in [0, 0.05) is 18.9 Å². The molecule has 0 aromatic heterocycles. The highest BCUT2D eigenvalue weighted by Gasteiger charge is 1.95. The molecule has 0 amide bonds. The van der Waals surface area contributed by atoms with Gasteiger partial charge in [-0.25, -0.2) is 0 Å². The zero-order chi connectivity index (χ0) is 13.1. The van der Waals surface area contributed by atoms with Gasteiger partial charge in [0.05, 0.1) is 13.2 Å². The third-order valence-corrected chi connectivity index (χ3v) is 2.72. The van der Waals surface area contributed by atoms with Gasteiger partial charge in [-0.05, 0) is 37.0 Å². The Balaban J connectivity index is 1.92. The molecule has 2 N–H and O–H groups in total. The van der Waals surface area contributed by atoms with Crippen LogP contribution in [0.15, 0.2) is 24.3 Å². The second-order valence-corrected chi connectivity index (χ2v) is 4.43. The van der Waals surface area contributed by atoms with Crippen molar-refractivity contribution < 1.29 is 9.47 Å². The molecule has 0 saturated carbocycles. The Hall–Kier alpha value is -1.06. The first-order chi connectivity index (χ1) is 8.83. The summed E-state index contributed by atoms with van der Waals surface area (Å²) < 4.78 is 10.9. The molecule has 0 saturated heterocycles. The largest absolute Gasteiger partial charge is 0.399 e. The minimum atomic E-state index is 0.695. The van der Waals surface area contributed by atoms with Crippen molar-refractivity contribution in [2.45, 2.75) is 32.6 Å². The van der Waals surface area contributed by atoms with E-state index < -0.39 is 0 Å². The van der Waals surface area contributed by atoms with E-state index >= 15 is 0 Å². The van der Waals surface area contributed by atoms with E-state index in [0.29, 0.717) is 13.2 Å². The maximum Gasteiger partial charge on any atom is 0.0700 e. The van der Waals surface area contributed by atoms with E-state index in [0.717, 1.165) is 38.2 Å². The van der Waals surface area contributed by atoms with Gasteiger partial charge in [-0.15, -0.1) is 0 Å². The summed E-state index contributed by atoms with van der Waals surface area (Å²) in [5.74, 6) is 0. The van der Waals surface area contributed by atoms with Gasteiger partial charge < -0.3 is 15.2 Å². The highest BCUT2D eigenvalue weighted by atomic mass is 16.5. The fraction of sp³-hybridized carbons (Fsp3) is 0.600. The molecule has 1 aromatic carbocycles. The third-order valence-electron chi connectivity index (χ3n) is 2.72. The predicted octanol–water partition coefficient (Wildman–Crippen LogP) is 3.03. The maximum atomic E-state index is 5.72. The van der Waals surface area contributed by atoms with Crippen LogP contribution in [0.25, 0.3) is 0 Å². The minimum Gasteiger partial charge on any atom is -0.399 e. The van der Waals surface area contributed by atoms with Gasteiger partial charge in [-0.1, -0.05) is 25.5 Å². The van der Waals surface area contributed by atoms with E-state index in [9.17, 15) is 0 Å². The van der Waals surface area contributed by atoms with E-state index in [4.69, 9.17) is 15.2 Å². The molecular formula is C15H25NO2. The smallest absolute Gasteiger partial charge is 0.0700 e. The lowest BCUT2D eigenvalue weighted by molar-refractivity contribution is 0.0459. The number of nitrogens with two attached hydrogens (primary N) is 1. The molecule has 1 aromatic rings. The summed E-state index contributed by atoms with van der Waals surface area (Å²) in [4.78, 5) is 0. The van der Waals surface area contributed by atoms with Crippen LogP contribution in [-0.4, -0.2) is 26.4 Å². The second-order valence-electron chi connectivity index (χ2n) is 4.43. The van der Waals surface area contributed by atoms with Crippen molar-refractivity contribution >= 4 is 5.69 Å². The first-order valence-corrected chi connectivity index (χ1v) is 6.83. The van der Waals surface area contributed by atoms with Crippen LogP contribution in [0.1, 0.15) is 31.7 Å². The number of rotatable bonds is 10. The van der Waals surface area contributed by atoms with Gasteiger partial charge in [0.15, 0.2) is 0 Å². The van der Waals surface area contributed by atoms with Gasteiger partial charge in [0.1, 0.15) is 0 Å². The van der Waals surface area contributed by atoms with Crippen molar-refractivity contribution in [3.8, 4) is 0 Å². The predicted molar refractivity (Wildman–Crippen MR) is 75.7 cm³/mol. The molecule has 3 heteroatoms. The average molecular weight is 251 g/mol. The summed E-state index contributed by atoms with van der Waals surface area (Å²) in [7, 11) is 0. The quantitative estimate of drug-likeness (QED) is 0.513. The van der Waals surface area contributed by atoms with Crippen LogP contribution in [0.3, 0.4) is 0 Å². The second kappa shape index (κ2) is 9.92. The number of nitrogen functional groups attached to an aromatic ring is 1. The van der Waals surface area contributed by atoms with Gasteiger partial charge in [0.25, 0.3) is 0 Å². The topological polar surface area (TPSA) is 44.5 Å². The molecule has 0 bridgehead atoms. The van der Waals surface area contributed by atoms with Crippen molar-refractivity contribution in [1.29, 1.82) is 0 Å². The molecule has 0 radical (unpaired) electrons. The Morgan fingerprint density at radius 3 is 2.39 bits per heavy atom. The molecular weight excluding hydrogens is 226 g/mol. The normalized spacial score (nSPS) is 10.7. The fourth-order valence-corrected chi connectivity index (χ4v) is 1.70. The minimum absolute atomic E-state index is 0.695. The van der Waals surface area contributed by atoms with E-state index in [-0.39, 0.29) is 0 Å². The average Bonchev–Trinajstić information content (AvgIpc) is 2.37. The van der Waals surface area contributed by atoms with Gasteiger partial charge >= 0.3 is 0 Å². The van der Waals surface area contributed by atoms with Crippen LogP contribution in [0, 0.1) is 0 Å². The molecule has 0 fully saturated rings. The Labute approximate surface area is 110 Å². The van der Waals surface area contributed by atoms with E-state index in [1.54, 1.807) is 0 Å². The maximum absolute atomic E-state index is 5.72. The lowest BCUT2D eigenvalue weighted by Gasteiger charge is -2.06. The van der Waals surface area contributed by atoms with Gasteiger partial charge in [-0.2, -0.15) is 0 Å². The SMILES string of the molecule is CCCCOCCOCCCc1cccc(N)c1. The van der Waals surface area contributed by atoms with Gasteiger partial charge in [-0.3, -0.25) is 0 Å². The molecule has 102 valence electrons. The standard InChI is InChI=1S/C15H25NO2/c1-2-3-9-17-11-12-18-10-5-7-14-6-4-8-15(16)13-14/h4,6,8,13H,2-3,5,7,9-12,16H2,1H3. The van der Waals surface area contributed by atoms with E-state index in [1.165, 1.54) is 12.0 Å². The number of anilines is 1. The van der Waals surface area contributed by atoms with E-state index in [1.807, 2.05) is 18.2 Å². The molecule has 0 heterocycles. The number of hydrogen-bond acceptors (Lipinski definition) is 3. The molecule has 0 unspecified atom stereocenters. The Morgan fingerprint density at radius 2 is 1.72 bits per heavy atom. The summed E-state index contributed by atoms with van der Waals surface area (Å²) in [6.07, 6.45) is 4.36. The summed E-state index contributed by atoms with van der Waals surface area (Å²) in [6, 6.07) is 8.03. The van der Waals surface area contributed by atoms with Crippen LogP contribution in [0.2, 0.25) is 0 Å². The Kier molecular flexibility index (Phi) is 8.26. The molecule has 1 rings (SSSR count). The summed E-state index contributed by atoms with van der Waals surface area (Å²) in [6.45, 7) is 5.20. The van der Waals surface area contributed by atoms with Crippen molar-refractivity contribution in [2.75, 3.05) is 32.2 Å². The molecule has 0 aliphatic rings. The van der Waals surface area contributed by atoms with Crippen LogP contribution in [0.4, 0.5) is 5.69 Å². The highest BCUT2D eigenvalue weighted by molar-refractivity contribution is 5.40. The fourth-order valence-electron chi connectivity index (χ4n) is 1.70. The van der Waals surface area contributed by atoms with Crippen molar-refractivity contribution in [3.05, 3.63) is 29.8 Å². The van der Waals surface area contributed by atoms with Crippen molar-refractivity contribution in [2.24, 2.45) is 0 Å². The van der Waals surface area contributed by atoms with Gasteiger partial charge in [0.2, 0.25) is 0 Å². The number of ether oxygens (including phenoxy) is 2. The monoisotopic (exact) mass is 251 g/mol. The summed E-state index contributed by atoms with van der Waals surface area (Å²) in [5, 5.41) is 0. The highest BCUT2D eigenvalue weighted by Crippen LogP contribution is 2.08. The molecule has 0 atom stereocenters. The lowest BCUT2D eigenvalue weighted by Crippen LogP contribution is -2.06. The summed E-state index contributed by atoms with van der Waals surface area (Å²) >= 11 is 0. The number of benzene rings is 1. The zero-order valence-corrected chi connectivity index (χ0v) is 11.4. The van der Waals surface area contributed by atoms with Crippen molar-refractivity contribution in [3.63, 3.8) is 0 Å².